The zero-order valence-electron chi connectivity index (χ0n) is 10.00. The molecule has 0 fully saturated rings. The first-order chi connectivity index (χ1) is 5.56. The minimum Gasteiger partial charge on any atom is -0.245 e. The molecule has 0 N–H and O–H groups in total. The SMILES string of the molecule is CC.CC.CCCCC(C)(C)F. The normalized spacial score (nSPS) is 9.00. The first-order valence-corrected chi connectivity index (χ1v) is 5.25. The van der Waals surface area contributed by atoms with E-state index in [9.17, 15) is 4.39 Å². The maximum absolute atomic E-state index is 12.6. The van der Waals surface area contributed by atoms with E-state index in [0.29, 0.717) is 6.42 Å². The van der Waals surface area contributed by atoms with Crippen LogP contribution < -0.4 is 0 Å². The Labute approximate surface area is 78.6 Å². The Morgan fingerprint density at radius 2 is 1.33 bits per heavy atom. The van der Waals surface area contributed by atoms with Crippen molar-refractivity contribution in [3.63, 3.8) is 0 Å². The molecule has 78 valence electrons. The van der Waals surface area contributed by atoms with Gasteiger partial charge in [0.2, 0.25) is 0 Å². The predicted octanol–water partition coefficient (Wildman–Crippen LogP) is 4.98. The zero-order valence-corrected chi connectivity index (χ0v) is 10.00. The van der Waals surface area contributed by atoms with E-state index in [-0.39, 0.29) is 0 Å². The van der Waals surface area contributed by atoms with Crippen molar-refractivity contribution in [1.82, 2.24) is 0 Å². The summed E-state index contributed by atoms with van der Waals surface area (Å²) in [6, 6.07) is 0. The van der Waals surface area contributed by atoms with Crippen molar-refractivity contribution in [3.8, 4) is 0 Å². The van der Waals surface area contributed by atoms with E-state index in [2.05, 4.69) is 6.92 Å². The van der Waals surface area contributed by atoms with Gasteiger partial charge in [-0.15, -0.1) is 0 Å². The van der Waals surface area contributed by atoms with Crippen LogP contribution in [0.25, 0.3) is 0 Å². The van der Waals surface area contributed by atoms with Crippen LogP contribution >= 0.6 is 0 Å². The molecular formula is C11H27F. The van der Waals surface area contributed by atoms with Gasteiger partial charge in [0.15, 0.2) is 0 Å². The van der Waals surface area contributed by atoms with Gasteiger partial charge in [0.25, 0.3) is 0 Å². The van der Waals surface area contributed by atoms with Gasteiger partial charge in [-0.2, -0.15) is 0 Å². The Bertz CT molecular complexity index is 52.5. The first kappa shape index (κ1) is 17.9. The van der Waals surface area contributed by atoms with E-state index in [1.807, 2.05) is 27.7 Å². The Kier molecular flexibility index (Phi) is 20.1. The monoisotopic (exact) mass is 178 g/mol. The molecule has 0 aliphatic carbocycles. The summed E-state index contributed by atoms with van der Waals surface area (Å²) in [6.45, 7) is 13.3. The molecule has 0 bridgehead atoms. The minimum absolute atomic E-state index is 0.698. The summed E-state index contributed by atoms with van der Waals surface area (Å²) < 4.78 is 12.6. The second-order valence-corrected chi connectivity index (χ2v) is 2.82. The van der Waals surface area contributed by atoms with Crippen LogP contribution in [0.3, 0.4) is 0 Å². The molecule has 0 aliphatic heterocycles. The number of rotatable bonds is 3. The van der Waals surface area contributed by atoms with Gasteiger partial charge in [0, 0.05) is 0 Å². The van der Waals surface area contributed by atoms with Crippen LogP contribution in [0, 0.1) is 0 Å². The minimum atomic E-state index is -0.948. The van der Waals surface area contributed by atoms with Crippen LogP contribution in [0.4, 0.5) is 4.39 Å². The maximum atomic E-state index is 12.6. The standard InChI is InChI=1S/C7H15F.2C2H6/c1-4-5-6-7(2,3)8;2*1-2/h4-6H2,1-3H3;2*1-2H3. The average molecular weight is 178 g/mol. The van der Waals surface area contributed by atoms with Crippen molar-refractivity contribution >= 4 is 0 Å². The summed E-state index contributed by atoms with van der Waals surface area (Å²) >= 11 is 0. The molecule has 0 aromatic carbocycles. The van der Waals surface area contributed by atoms with Crippen LogP contribution in [-0.4, -0.2) is 5.67 Å². The number of halogens is 1. The Balaban J connectivity index is -0.000000175. The first-order valence-electron chi connectivity index (χ1n) is 5.25. The number of unbranched alkanes of at least 4 members (excludes halogenated alkanes) is 1. The lowest BCUT2D eigenvalue weighted by Crippen LogP contribution is -2.10. The molecule has 0 saturated heterocycles. The van der Waals surface area contributed by atoms with E-state index in [4.69, 9.17) is 0 Å². The summed E-state index contributed by atoms with van der Waals surface area (Å²) in [6.07, 6.45) is 2.79. The van der Waals surface area contributed by atoms with Gasteiger partial charge >= 0.3 is 0 Å². The highest BCUT2D eigenvalue weighted by Crippen LogP contribution is 2.16. The van der Waals surface area contributed by atoms with Gasteiger partial charge in [-0.3, -0.25) is 0 Å². The van der Waals surface area contributed by atoms with E-state index >= 15 is 0 Å². The molecule has 0 aliphatic rings. The summed E-state index contributed by atoms with van der Waals surface area (Å²) in [4.78, 5) is 0. The largest absolute Gasteiger partial charge is 0.245 e. The van der Waals surface area contributed by atoms with Crippen molar-refractivity contribution < 1.29 is 4.39 Å². The van der Waals surface area contributed by atoms with Crippen LogP contribution in [0.1, 0.15) is 67.7 Å². The molecule has 0 atom stereocenters. The summed E-state index contributed by atoms with van der Waals surface area (Å²) in [7, 11) is 0. The molecular weight excluding hydrogens is 151 g/mol. The van der Waals surface area contributed by atoms with Gasteiger partial charge in [0.05, 0.1) is 0 Å². The molecule has 0 heterocycles. The van der Waals surface area contributed by atoms with Crippen LogP contribution in [-0.2, 0) is 0 Å². The van der Waals surface area contributed by atoms with E-state index in [0.717, 1.165) is 12.8 Å². The predicted molar refractivity (Wildman–Crippen MR) is 57.4 cm³/mol. The number of hydrogen-bond donors (Lipinski definition) is 0. The van der Waals surface area contributed by atoms with E-state index in [1.54, 1.807) is 13.8 Å². The van der Waals surface area contributed by atoms with Crippen LogP contribution in [0.15, 0.2) is 0 Å². The Hall–Kier alpha value is -0.0700. The lowest BCUT2D eigenvalue weighted by Gasteiger charge is -2.11. The fourth-order valence-corrected chi connectivity index (χ4v) is 0.597. The molecule has 0 saturated carbocycles. The fraction of sp³-hybridized carbons (Fsp3) is 1.00. The molecule has 0 spiro atoms. The molecule has 0 unspecified atom stereocenters. The third-order valence-electron chi connectivity index (χ3n) is 1.12. The highest BCUT2D eigenvalue weighted by atomic mass is 19.1. The average Bonchev–Trinajstić information content (AvgIpc) is 2.07. The Morgan fingerprint density at radius 1 is 1.00 bits per heavy atom. The van der Waals surface area contributed by atoms with Crippen LogP contribution in [0.2, 0.25) is 0 Å². The topological polar surface area (TPSA) is 0 Å². The van der Waals surface area contributed by atoms with Crippen molar-refractivity contribution in [1.29, 1.82) is 0 Å². The quantitative estimate of drug-likeness (QED) is 0.572. The summed E-state index contributed by atoms with van der Waals surface area (Å²) in [5.74, 6) is 0. The molecule has 0 aromatic heterocycles. The molecule has 0 aromatic rings. The second kappa shape index (κ2) is 13.5. The molecule has 1 heteroatoms. The third kappa shape index (κ3) is 32.6. The van der Waals surface area contributed by atoms with Crippen molar-refractivity contribution in [3.05, 3.63) is 0 Å². The van der Waals surface area contributed by atoms with Gasteiger partial charge in [0.1, 0.15) is 5.67 Å². The van der Waals surface area contributed by atoms with Gasteiger partial charge in [-0.1, -0.05) is 47.5 Å². The van der Waals surface area contributed by atoms with Crippen molar-refractivity contribution in [2.75, 3.05) is 0 Å². The fourth-order valence-electron chi connectivity index (χ4n) is 0.597. The van der Waals surface area contributed by atoms with Gasteiger partial charge in [-0.25, -0.2) is 4.39 Å². The smallest absolute Gasteiger partial charge is 0.105 e. The summed E-state index contributed by atoms with van der Waals surface area (Å²) in [5, 5.41) is 0. The Morgan fingerprint density at radius 3 is 1.42 bits per heavy atom. The molecule has 0 rings (SSSR count). The highest BCUT2D eigenvalue weighted by molar-refractivity contribution is 4.64. The van der Waals surface area contributed by atoms with Gasteiger partial charge in [-0.05, 0) is 20.3 Å². The summed E-state index contributed by atoms with van der Waals surface area (Å²) in [5.41, 5.74) is -0.948. The molecule has 0 amide bonds. The van der Waals surface area contributed by atoms with Crippen molar-refractivity contribution in [2.45, 2.75) is 73.4 Å². The van der Waals surface area contributed by atoms with Crippen LogP contribution in [0.5, 0.6) is 0 Å². The maximum Gasteiger partial charge on any atom is 0.105 e. The highest BCUT2D eigenvalue weighted by Gasteiger charge is 2.12. The van der Waals surface area contributed by atoms with Gasteiger partial charge < -0.3 is 0 Å². The zero-order chi connectivity index (χ0) is 10.6. The number of alkyl halides is 1. The second-order valence-electron chi connectivity index (χ2n) is 2.82. The van der Waals surface area contributed by atoms with E-state index in [1.165, 1.54) is 0 Å². The van der Waals surface area contributed by atoms with E-state index < -0.39 is 5.67 Å². The third-order valence-corrected chi connectivity index (χ3v) is 1.12. The van der Waals surface area contributed by atoms with Crippen molar-refractivity contribution in [2.24, 2.45) is 0 Å². The lowest BCUT2D eigenvalue weighted by atomic mass is 10.0. The lowest BCUT2D eigenvalue weighted by molar-refractivity contribution is 0.197. The molecule has 0 nitrogen and oxygen atoms in total. The molecule has 12 heavy (non-hydrogen) atoms. The number of hydrogen-bond acceptors (Lipinski definition) is 0. The molecule has 0 radical (unpaired) electrons.